The van der Waals surface area contributed by atoms with Gasteiger partial charge in [-0.15, -0.1) is 0 Å². The highest BCUT2D eigenvalue weighted by Crippen LogP contribution is 2.45. The van der Waals surface area contributed by atoms with Crippen molar-refractivity contribution in [2.75, 3.05) is 18.5 Å². The molecule has 4 rings (SSSR count). The lowest BCUT2D eigenvalue weighted by molar-refractivity contribution is -0.142. The van der Waals surface area contributed by atoms with Gasteiger partial charge in [-0.25, -0.2) is 0 Å². The molecule has 5 nitrogen and oxygen atoms in total. The zero-order chi connectivity index (χ0) is 20.6. The lowest BCUT2D eigenvalue weighted by Crippen LogP contribution is -2.59. The number of ketones is 1. The number of amides is 1. The van der Waals surface area contributed by atoms with Crippen molar-refractivity contribution < 1.29 is 9.59 Å². The van der Waals surface area contributed by atoms with E-state index in [2.05, 4.69) is 10.6 Å². The predicted molar refractivity (Wildman–Crippen MR) is 115 cm³/mol. The second-order valence-corrected chi connectivity index (χ2v) is 8.20. The molecular weight excluding hydrogens is 362 g/mol. The van der Waals surface area contributed by atoms with Crippen molar-refractivity contribution in [3.8, 4) is 0 Å². The number of aryl methyl sites for hydroxylation is 1. The lowest BCUT2D eigenvalue weighted by Gasteiger charge is -2.43. The molecule has 0 spiro atoms. The molecule has 2 aliphatic heterocycles. The highest BCUT2D eigenvalue weighted by molar-refractivity contribution is 6.18. The molecule has 2 unspecified atom stereocenters. The van der Waals surface area contributed by atoms with Gasteiger partial charge in [0.25, 0.3) is 0 Å². The predicted octanol–water partition coefficient (Wildman–Crippen LogP) is 3.13. The van der Waals surface area contributed by atoms with E-state index in [1.807, 2.05) is 69.4 Å². The first kappa shape index (κ1) is 19.8. The third kappa shape index (κ3) is 3.18. The molecule has 2 aromatic carbocycles. The van der Waals surface area contributed by atoms with Crippen molar-refractivity contribution in [1.82, 2.24) is 10.6 Å². The van der Waals surface area contributed by atoms with E-state index in [1.54, 1.807) is 4.90 Å². The number of benzene rings is 2. The molecule has 29 heavy (non-hydrogen) atoms. The summed E-state index contributed by atoms with van der Waals surface area (Å²) in [6, 6.07) is 15.6. The Morgan fingerprint density at radius 1 is 1.21 bits per heavy atom. The quantitative estimate of drug-likeness (QED) is 0.769. The Morgan fingerprint density at radius 3 is 2.62 bits per heavy atom. The van der Waals surface area contributed by atoms with Crippen LogP contribution in [0.15, 0.2) is 48.5 Å². The van der Waals surface area contributed by atoms with Gasteiger partial charge in [-0.2, -0.15) is 0 Å². The monoisotopic (exact) mass is 391 g/mol. The first-order valence-corrected chi connectivity index (χ1v) is 10.5. The summed E-state index contributed by atoms with van der Waals surface area (Å²) in [5.74, 6) is -0.107. The van der Waals surface area contributed by atoms with Crippen molar-refractivity contribution in [3.63, 3.8) is 0 Å². The Balaban J connectivity index is 1.83. The minimum Gasteiger partial charge on any atom is -0.315 e. The minimum absolute atomic E-state index is 0.00784. The fourth-order valence-corrected chi connectivity index (χ4v) is 4.78. The number of carbonyl (C=O) groups is 2. The summed E-state index contributed by atoms with van der Waals surface area (Å²) in [5.41, 5.74) is 2.81. The Hall–Kier alpha value is -2.50. The normalized spacial score (nSPS) is 26.4. The fourth-order valence-electron chi connectivity index (χ4n) is 4.78. The molecule has 0 aliphatic carbocycles. The Bertz CT molecular complexity index is 924. The number of nitrogens with one attached hydrogen (secondary N) is 2. The smallest absolute Gasteiger partial charge is 0.245 e. The topological polar surface area (TPSA) is 61.4 Å². The van der Waals surface area contributed by atoms with Crippen LogP contribution in [0.1, 0.15) is 30.9 Å². The molecule has 1 fully saturated rings. The summed E-state index contributed by atoms with van der Waals surface area (Å²) in [6.07, 6.45) is 1.82. The number of likely N-dealkylation sites (N-methyl/N-ethyl adjacent to an activating group) is 1. The first-order chi connectivity index (χ1) is 14.0. The molecule has 0 radical (unpaired) electrons. The van der Waals surface area contributed by atoms with Gasteiger partial charge < -0.3 is 10.6 Å². The molecule has 0 bridgehead atoms. The molecule has 152 valence electrons. The van der Waals surface area contributed by atoms with Crippen molar-refractivity contribution in [2.45, 2.75) is 45.2 Å². The molecule has 1 saturated heterocycles. The van der Waals surface area contributed by atoms with Crippen LogP contribution in [-0.2, 0) is 16.0 Å². The Kier molecular flexibility index (Phi) is 5.28. The summed E-state index contributed by atoms with van der Waals surface area (Å²) in [6.45, 7) is 4.77. The number of carbonyl (C=O) groups excluding carboxylic acids is 2. The molecule has 2 N–H and O–H groups in total. The molecule has 2 aromatic rings. The fraction of sp³-hybridized carbons (Fsp3) is 0.417. The van der Waals surface area contributed by atoms with Gasteiger partial charge in [-0.3, -0.25) is 14.5 Å². The van der Waals surface area contributed by atoms with E-state index in [0.29, 0.717) is 12.8 Å². The van der Waals surface area contributed by atoms with Crippen LogP contribution in [0.2, 0.25) is 0 Å². The van der Waals surface area contributed by atoms with E-state index < -0.39 is 5.41 Å². The Labute approximate surface area is 172 Å². The molecular formula is C24H29N3O2. The molecule has 2 heterocycles. The maximum atomic E-state index is 14.0. The van der Waals surface area contributed by atoms with Crippen LogP contribution < -0.4 is 15.5 Å². The van der Waals surface area contributed by atoms with Gasteiger partial charge in [0.2, 0.25) is 5.91 Å². The van der Waals surface area contributed by atoms with E-state index in [-0.39, 0.29) is 23.8 Å². The maximum Gasteiger partial charge on any atom is 0.245 e. The number of hydrogen-bond donors (Lipinski definition) is 2. The van der Waals surface area contributed by atoms with Crippen molar-refractivity contribution >= 4 is 23.1 Å². The summed E-state index contributed by atoms with van der Waals surface area (Å²) in [5, 5.41) is 6.59. The van der Waals surface area contributed by atoms with Crippen LogP contribution in [0.4, 0.5) is 11.4 Å². The molecule has 0 aromatic heterocycles. The van der Waals surface area contributed by atoms with Crippen molar-refractivity contribution in [2.24, 2.45) is 5.41 Å². The first-order valence-electron chi connectivity index (χ1n) is 10.5. The standard InChI is InChI=1S/C24H29N3O2/c1-4-24(22(28)21-19(25-3)13-14-26-21)15-17-7-5-6-8-20(17)27(23(24)29)18-11-9-16(2)10-12-18/h5-12,19,21,25-26H,4,13-15H2,1-3H3/t19?,21-,24?/m1/s1. The average Bonchev–Trinajstić information content (AvgIpc) is 3.22. The van der Waals surface area contributed by atoms with Crippen LogP contribution in [0.3, 0.4) is 0 Å². The maximum absolute atomic E-state index is 14.0. The van der Waals surface area contributed by atoms with Gasteiger partial charge in [0.05, 0.1) is 11.7 Å². The van der Waals surface area contributed by atoms with Gasteiger partial charge in [0.15, 0.2) is 5.78 Å². The van der Waals surface area contributed by atoms with E-state index in [4.69, 9.17) is 0 Å². The zero-order valence-electron chi connectivity index (χ0n) is 17.4. The van der Waals surface area contributed by atoms with Gasteiger partial charge in [-0.05, 0) is 63.5 Å². The summed E-state index contributed by atoms with van der Waals surface area (Å²) in [4.78, 5) is 29.6. The lowest BCUT2D eigenvalue weighted by atomic mass is 9.69. The number of Topliss-reactive ketones (excluding diaryl/α,β-unsaturated/α-hetero) is 1. The van der Waals surface area contributed by atoms with E-state index >= 15 is 0 Å². The number of anilines is 2. The van der Waals surface area contributed by atoms with E-state index in [9.17, 15) is 9.59 Å². The second-order valence-electron chi connectivity index (χ2n) is 8.20. The second kappa shape index (κ2) is 7.73. The van der Waals surface area contributed by atoms with E-state index in [1.165, 1.54) is 0 Å². The van der Waals surface area contributed by atoms with Crippen molar-refractivity contribution in [1.29, 1.82) is 0 Å². The highest BCUT2D eigenvalue weighted by Gasteiger charge is 2.54. The number of para-hydroxylation sites is 1. The van der Waals surface area contributed by atoms with Crippen LogP contribution in [0.25, 0.3) is 0 Å². The van der Waals surface area contributed by atoms with E-state index in [0.717, 1.165) is 35.5 Å². The summed E-state index contributed by atoms with van der Waals surface area (Å²) >= 11 is 0. The largest absolute Gasteiger partial charge is 0.315 e. The number of rotatable bonds is 5. The van der Waals surface area contributed by atoms with Crippen LogP contribution in [-0.4, -0.2) is 37.4 Å². The van der Waals surface area contributed by atoms with Gasteiger partial charge in [-0.1, -0.05) is 42.8 Å². The molecule has 3 atom stereocenters. The average molecular weight is 392 g/mol. The third-order valence-corrected chi connectivity index (χ3v) is 6.58. The third-order valence-electron chi connectivity index (χ3n) is 6.58. The minimum atomic E-state index is -1.06. The molecule has 0 saturated carbocycles. The number of nitrogens with zero attached hydrogens (tertiary/aromatic N) is 1. The molecule has 5 heteroatoms. The van der Waals surface area contributed by atoms with Crippen LogP contribution >= 0.6 is 0 Å². The van der Waals surface area contributed by atoms with Crippen molar-refractivity contribution in [3.05, 3.63) is 59.7 Å². The summed E-state index contributed by atoms with van der Waals surface area (Å²) < 4.78 is 0. The zero-order valence-corrected chi connectivity index (χ0v) is 17.4. The van der Waals surface area contributed by atoms with Gasteiger partial charge >= 0.3 is 0 Å². The molecule has 1 amide bonds. The highest BCUT2D eigenvalue weighted by atomic mass is 16.2. The molecule has 2 aliphatic rings. The number of fused-ring (bicyclic) bond motifs is 1. The SMILES string of the molecule is CCC1(C(=O)[C@@H]2NCCC2NC)Cc2ccccc2N(c2ccc(C)cc2)C1=O. The van der Waals surface area contributed by atoms with Crippen LogP contribution in [0, 0.1) is 12.3 Å². The van der Waals surface area contributed by atoms with Gasteiger partial charge in [0, 0.05) is 11.7 Å². The Morgan fingerprint density at radius 2 is 1.93 bits per heavy atom. The number of hydrogen-bond acceptors (Lipinski definition) is 4. The summed E-state index contributed by atoms with van der Waals surface area (Å²) in [7, 11) is 1.88. The van der Waals surface area contributed by atoms with Gasteiger partial charge in [0.1, 0.15) is 5.41 Å². The van der Waals surface area contributed by atoms with Crippen LogP contribution in [0.5, 0.6) is 0 Å².